The minimum Gasteiger partial charge on any atom is -0.461 e. The standard InChI is InChI=1S/C20H32N2O3S/c1-5-7-11-22(12-8-6-2)26-15-21-19(23)25-18-17-16(10-9-13-24-17)14-20(18,3)4/h9-10,13H,5-8,11-12,14-15H2,1-4H3,(H,21,23). The van der Waals surface area contributed by atoms with Crippen molar-refractivity contribution in [2.75, 3.05) is 19.0 Å². The average Bonchev–Trinajstić information content (AvgIpc) is 2.87. The lowest BCUT2D eigenvalue weighted by atomic mass is 9.90. The highest BCUT2D eigenvalue weighted by Crippen LogP contribution is 2.47. The van der Waals surface area contributed by atoms with E-state index in [-0.39, 0.29) is 5.41 Å². The summed E-state index contributed by atoms with van der Waals surface area (Å²) in [5.41, 5.74) is 0.839. The maximum Gasteiger partial charge on any atom is 0.413 e. The number of nitrogens with zero attached hydrogens (tertiary/aromatic N) is 1. The number of ether oxygens (including phenoxy) is 2. The number of hydrogen-bond donors (Lipinski definition) is 1. The van der Waals surface area contributed by atoms with Crippen molar-refractivity contribution in [1.29, 1.82) is 0 Å². The minimum atomic E-state index is -0.418. The summed E-state index contributed by atoms with van der Waals surface area (Å²) in [5.74, 6) is 1.82. The SMILES string of the molecule is CCCCN(CCCC)SCNC(=O)OC1=C2OC=CC=C2CC1(C)C. The Kier molecular flexibility index (Phi) is 8.10. The Bertz CT molecular complexity index is 574. The summed E-state index contributed by atoms with van der Waals surface area (Å²) in [7, 11) is 0. The fourth-order valence-corrected chi connectivity index (χ4v) is 3.90. The molecule has 1 N–H and O–H groups in total. The van der Waals surface area contributed by atoms with E-state index in [0.717, 1.165) is 25.1 Å². The normalized spacial score (nSPS) is 17.8. The Hall–Kier alpha value is -1.40. The van der Waals surface area contributed by atoms with E-state index in [0.29, 0.717) is 17.4 Å². The number of hydrogen-bond acceptors (Lipinski definition) is 5. The third-order valence-corrected chi connectivity index (χ3v) is 5.49. The molecule has 1 heterocycles. The van der Waals surface area contributed by atoms with Crippen LogP contribution >= 0.6 is 11.9 Å². The predicted molar refractivity (Wildman–Crippen MR) is 107 cm³/mol. The number of carbonyl (C=O) groups is 1. The van der Waals surface area contributed by atoms with Gasteiger partial charge >= 0.3 is 6.09 Å². The molecular weight excluding hydrogens is 348 g/mol. The van der Waals surface area contributed by atoms with Gasteiger partial charge < -0.3 is 14.8 Å². The summed E-state index contributed by atoms with van der Waals surface area (Å²) in [6, 6.07) is 0. The fourth-order valence-electron chi connectivity index (χ4n) is 3.02. The topological polar surface area (TPSA) is 50.8 Å². The molecule has 0 aromatic rings. The quantitative estimate of drug-likeness (QED) is 0.410. The van der Waals surface area contributed by atoms with Crippen molar-refractivity contribution in [3.05, 3.63) is 35.5 Å². The van der Waals surface area contributed by atoms with Gasteiger partial charge in [0.2, 0.25) is 0 Å². The second kappa shape index (κ2) is 10.1. The molecule has 5 nitrogen and oxygen atoms in total. The van der Waals surface area contributed by atoms with Crippen molar-refractivity contribution in [1.82, 2.24) is 9.62 Å². The van der Waals surface area contributed by atoms with Gasteiger partial charge in [-0.25, -0.2) is 9.10 Å². The van der Waals surface area contributed by atoms with E-state index in [1.807, 2.05) is 12.2 Å². The Morgan fingerprint density at radius 3 is 2.65 bits per heavy atom. The zero-order valence-electron chi connectivity index (χ0n) is 16.5. The summed E-state index contributed by atoms with van der Waals surface area (Å²) < 4.78 is 13.6. The monoisotopic (exact) mass is 380 g/mol. The van der Waals surface area contributed by atoms with Crippen LogP contribution in [0.2, 0.25) is 0 Å². The van der Waals surface area contributed by atoms with Crippen molar-refractivity contribution in [3.63, 3.8) is 0 Å². The van der Waals surface area contributed by atoms with Crippen LogP contribution in [-0.4, -0.2) is 29.4 Å². The van der Waals surface area contributed by atoms with Gasteiger partial charge in [-0.1, -0.05) is 58.6 Å². The third kappa shape index (κ3) is 5.81. The van der Waals surface area contributed by atoms with Gasteiger partial charge in [0.05, 0.1) is 12.1 Å². The number of nitrogens with one attached hydrogen (secondary N) is 1. The second-order valence-corrected chi connectivity index (χ2v) is 8.40. The molecule has 0 fully saturated rings. The molecule has 0 atom stereocenters. The van der Waals surface area contributed by atoms with E-state index in [1.165, 1.54) is 25.7 Å². The van der Waals surface area contributed by atoms with Crippen LogP contribution in [0.4, 0.5) is 4.79 Å². The summed E-state index contributed by atoms with van der Waals surface area (Å²) in [5, 5.41) is 2.86. The first-order valence-electron chi connectivity index (χ1n) is 9.59. The van der Waals surface area contributed by atoms with Gasteiger partial charge in [0, 0.05) is 18.5 Å². The maximum absolute atomic E-state index is 12.3. The van der Waals surface area contributed by atoms with Gasteiger partial charge in [-0.2, -0.15) is 0 Å². The highest BCUT2D eigenvalue weighted by Gasteiger charge is 2.40. The molecule has 2 rings (SSSR count). The number of rotatable bonds is 10. The van der Waals surface area contributed by atoms with Crippen molar-refractivity contribution in [2.45, 2.75) is 59.8 Å². The summed E-state index contributed by atoms with van der Waals surface area (Å²) >= 11 is 1.66. The highest BCUT2D eigenvalue weighted by atomic mass is 32.2. The Labute approximate surface area is 162 Å². The third-order valence-electron chi connectivity index (χ3n) is 4.49. The van der Waals surface area contributed by atoms with Crippen molar-refractivity contribution >= 4 is 18.0 Å². The first-order chi connectivity index (χ1) is 12.5. The molecule has 0 aromatic carbocycles. The molecule has 1 aliphatic heterocycles. The van der Waals surface area contributed by atoms with Crippen LogP contribution in [0.15, 0.2) is 35.5 Å². The lowest BCUT2D eigenvalue weighted by molar-refractivity contribution is 0.148. The lowest BCUT2D eigenvalue weighted by Gasteiger charge is -2.22. The largest absolute Gasteiger partial charge is 0.461 e. The van der Waals surface area contributed by atoms with Crippen LogP contribution in [0, 0.1) is 5.41 Å². The number of fused-ring (bicyclic) bond motifs is 1. The molecule has 0 radical (unpaired) electrons. The minimum absolute atomic E-state index is 0.244. The first-order valence-corrected chi connectivity index (χ1v) is 10.5. The number of amides is 1. The summed E-state index contributed by atoms with van der Waals surface area (Å²) in [4.78, 5) is 12.3. The highest BCUT2D eigenvalue weighted by molar-refractivity contribution is 7.96. The van der Waals surface area contributed by atoms with E-state index in [2.05, 4.69) is 37.3 Å². The van der Waals surface area contributed by atoms with Crippen molar-refractivity contribution < 1.29 is 14.3 Å². The van der Waals surface area contributed by atoms with E-state index in [4.69, 9.17) is 9.47 Å². The van der Waals surface area contributed by atoms with Gasteiger partial charge in [0.15, 0.2) is 11.5 Å². The zero-order chi connectivity index (χ0) is 19.0. The molecule has 6 heteroatoms. The van der Waals surface area contributed by atoms with Crippen LogP contribution in [0.3, 0.4) is 0 Å². The molecule has 1 aliphatic carbocycles. The molecule has 0 saturated heterocycles. The number of carbonyl (C=O) groups excluding carboxylic acids is 1. The van der Waals surface area contributed by atoms with Gasteiger partial charge in [-0.3, -0.25) is 0 Å². The number of unbranched alkanes of at least 4 members (excludes halogenated alkanes) is 2. The van der Waals surface area contributed by atoms with E-state index in [1.54, 1.807) is 18.2 Å². The van der Waals surface area contributed by atoms with E-state index in [9.17, 15) is 4.79 Å². The number of allylic oxidation sites excluding steroid dienone is 4. The van der Waals surface area contributed by atoms with Gasteiger partial charge in [-0.15, -0.1) is 0 Å². The van der Waals surface area contributed by atoms with Gasteiger partial charge in [0.1, 0.15) is 0 Å². The van der Waals surface area contributed by atoms with Crippen molar-refractivity contribution in [3.8, 4) is 0 Å². The molecular formula is C20H32N2O3S. The zero-order valence-corrected chi connectivity index (χ0v) is 17.3. The van der Waals surface area contributed by atoms with Crippen molar-refractivity contribution in [2.24, 2.45) is 5.41 Å². The predicted octanol–water partition coefficient (Wildman–Crippen LogP) is 5.33. The molecule has 0 spiro atoms. The van der Waals surface area contributed by atoms with Crippen LogP contribution < -0.4 is 5.32 Å². The smallest absolute Gasteiger partial charge is 0.413 e. The molecule has 0 aromatic heterocycles. The molecule has 26 heavy (non-hydrogen) atoms. The lowest BCUT2D eigenvalue weighted by Crippen LogP contribution is -2.29. The van der Waals surface area contributed by atoms with Crippen LogP contribution in [0.25, 0.3) is 0 Å². The van der Waals surface area contributed by atoms with Crippen LogP contribution in [0.5, 0.6) is 0 Å². The van der Waals surface area contributed by atoms with Crippen LogP contribution in [-0.2, 0) is 9.47 Å². The summed E-state index contributed by atoms with van der Waals surface area (Å²) in [6.45, 7) is 10.6. The second-order valence-electron chi connectivity index (χ2n) is 7.33. The molecule has 0 unspecified atom stereocenters. The van der Waals surface area contributed by atoms with Gasteiger partial charge in [0.25, 0.3) is 0 Å². The Morgan fingerprint density at radius 2 is 2.00 bits per heavy atom. The van der Waals surface area contributed by atoms with E-state index >= 15 is 0 Å². The molecule has 146 valence electrons. The molecule has 0 bridgehead atoms. The van der Waals surface area contributed by atoms with E-state index < -0.39 is 6.09 Å². The average molecular weight is 381 g/mol. The molecule has 0 saturated carbocycles. The Morgan fingerprint density at radius 1 is 1.31 bits per heavy atom. The number of alkyl carbamates (subject to hydrolysis) is 1. The maximum atomic E-state index is 12.3. The first kappa shape index (κ1) is 20.9. The summed E-state index contributed by atoms with van der Waals surface area (Å²) in [6.07, 6.45) is 10.6. The fraction of sp³-hybridized carbons (Fsp3) is 0.650. The van der Waals surface area contributed by atoms with Crippen LogP contribution in [0.1, 0.15) is 59.8 Å². The Balaban J connectivity index is 1.84. The molecule has 1 amide bonds. The van der Waals surface area contributed by atoms with Gasteiger partial charge in [-0.05, 0) is 30.9 Å². The molecule has 2 aliphatic rings.